The standard InChI is InChI=1S/C24H24FN3OS.ClH/c1-3-27(4-2)13-14-28(24-26-21-12-11-20(25)16-22(21)30-24)23(29)19-10-9-17-7-5-6-8-18(17)15-19;/h5-12,15-16H,3-4,13-14H2,1-2H3;1H/p-1. The maximum Gasteiger partial charge on any atom is 0.260 e. The number of carbonyl (C=O) groups excluding carboxylic acids is 1. The number of carbonyl (C=O) groups is 1. The maximum absolute atomic E-state index is 13.7. The number of amides is 1. The zero-order valence-corrected chi connectivity index (χ0v) is 19.1. The molecule has 31 heavy (non-hydrogen) atoms. The molecule has 162 valence electrons. The van der Waals surface area contributed by atoms with Gasteiger partial charge in [0, 0.05) is 18.7 Å². The van der Waals surface area contributed by atoms with Crippen LogP contribution in [0.4, 0.5) is 9.52 Å². The molecule has 0 radical (unpaired) electrons. The van der Waals surface area contributed by atoms with Gasteiger partial charge in [-0.1, -0.05) is 55.5 Å². The summed E-state index contributed by atoms with van der Waals surface area (Å²) in [5, 5.41) is 2.72. The van der Waals surface area contributed by atoms with Gasteiger partial charge >= 0.3 is 0 Å². The molecule has 0 saturated heterocycles. The zero-order valence-electron chi connectivity index (χ0n) is 17.5. The average molecular weight is 457 g/mol. The van der Waals surface area contributed by atoms with E-state index < -0.39 is 0 Å². The summed E-state index contributed by atoms with van der Waals surface area (Å²) < 4.78 is 14.4. The molecule has 0 atom stereocenters. The highest BCUT2D eigenvalue weighted by atomic mass is 35.5. The topological polar surface area (TPSA) is 36.4 Å². The van der Waals surface area contributed by atoms with Crippen LogP contribution >= 0.6 is 11.3 Å². The SMILES string of the molecule is CCN(CC)CCN(C(=O)c1ccc2ccccc2c1)c1nc2ccc(F)cc2s1.[Cl-]. The number of hydrogen-bond acceptors (Lipinski definition) is 4. The summed E-state index contributed by atoms with van der Waals surface area (Å²) in [5.74, 6) is -0.388. The minimum absolute atomic E-state index is 0. The van der Waals surface area contributed by atoms with Gasteiger partial charge in [-0.05, 0) is 54.2 Å². The molecule has 7 heteroatoms. The highest BCUT2D eigenvalue weighted by Gasteiger charge is 2.22. The molecule has 0 bridgehead atoms. The number of nitrogens with zero attached hydrogens (tertiary/aromatic N) is 3. The smallest absolute Gasteiger partial charge is 0.260 e. The monoisotopic (exact) mass is 456 g/mol. The first-order valence-electron chi connectivity index (χ1n) is 10.2. The predicted octanol–water partition coefficient (Wildman–Crippen LogP) is 2.58. The van der Waals surface area contributed by atoms with Crippen molar-refractivity contribution >= 4 is 43.4 Å². The Labute approximate surface area is 191 Å². The van der Waals surface area contributed by atoms with Crippen LogP contribution in [0.3, 0.4) is 0 Å². The lowest BCUT2D eigenvalue weighted by Gasteiger charge is -2.24. The molecule has 4 rings (SSSR count). The van der Waals surface area contributed by atoms with Gasteiger partial charge in [-0.15, -0.1) is 0 Å². The zero-order chi connectivity index (χ0) is 21.1. The first kappa shape index (κ1) is 23.1. The van der Waals surface area contributed by atoms with Gasteiger partial charge in [0.05, 0.1) is 10.2 Å². The van der Waals surface area contributed by atoms with Gasteiger partial charge in [0.1, 0.15) is 5.82 Å². The van der Waals surface area contributed by atoms with Crippen LogP contribution in [-0.2, 0) is 0 Å². The van der Waals surface area contributed by atoms with Gasteiger partial charge in [0.15, 0.2) is 5.13 Å². The molecule has 1 amide bonds. The quantitative estimate of drug-likeness (QED) is 0.429. The first-order valence-corrected chi connectivity index (χ1v) is 11.0. The van der Waals surface area contributed by atoms with Crippen molar-refractivity contribution in [1.29, 1.82) is 0 Å². The molecular formula is C24H24ClFN3OS-. The highest BCUT2D eigenvalue weighted by molar-refractivity contribution is 7.22. The molecule has 0 unspecified atom stereocenters. The number of rotatable bonds is 7. The van der Waals surface area contributed by atoms with Gasteiger partial charge in [-0.2, -0.15) is 0 Å². The maximum atomic E-state index is 13.7. The number of aromatic nitrogens is 1. The lowest BCUT2D eigenvalue weighted by atomic mass is 10.1. The fourth-order valence-electron chi connectivity index (χ4n) is 3.55. The van der Waals surface area contributed by atoms with E-state index >= 15 is 0 Å². The Balaban J connectivity index is 0.00000272. The number of anilines is 1. The van der Waals surface area contributed by atoms with Gasteiger partial charge in [0.2, 0.25) is 0 Å². The second-order valence-electron chi connectivity index (χ2n) is 7.15. The van der Waals surface area contributed by atoms with Crippen molar-refractivity contribution in [2.75, 3.05) is 31.1 Å². The Hall–Kier alpha value is -2.54. The van der Waals surface area contributed by atoms with Crippen molar-refractivity contribution in [1.82, 2.24) is 9.88 Å². The summed E-state index contributed by atoms with van der Waals surface area (Å²) in [6.45, 7) is 7.32. The van der Waals surface area contributed by atoms with Crippen molar-refractivity contribution in [2.24, 2.45) is 0 Å². The molecule has 4 aromatic rings. The summed E-state index contributed by atoms with van der Waals surface area (Å²) in [7, 11) is 0. The number of fused-ring (bicyclic) bond motifs is 2. The van der Waals surface area contributed by atoms with E-state index in [1.807, 2.05) is 42.5 Å². The third kappa shape index (κ3) is 5.03. The Morgan fingerprint density at radius 2 is 1.71 bits per heavy atom. The predicted molar refractivity (Wildman–Crippen MR) is 123 cm³/mol. The molecule has 3 aromatic carbocycles. The van der Waals surface area contributed by atoms with Crippen molar-refractivity contribution in [3.8, 4) is 0 Å². The van der Waals surface area contributed by atoms with E-state index in [4.69, 9.17) is 0 Å². The molecular weight excluding hydrogens is 433 g/mol. The average Bonchev–Trinajstić information content (AvgIpc) is 3.18. The number of hydrogen-bond donors (Lipinski definition) is 0. The third-order valence-corrected chi connectivity index (χ3v) is 6.39. The molecule has 0 saturated carbocycles. The normalized spacial score (nSPS) is 11.1. The second-order valence-corrected chi connectivity index (χ2v) is 8.16. The molecule has 0 aliphatic carbocycles. The summed E-state index contributed by atoms with van der Waals surface area (Å²) in [6, 6.07) is 18.3. The minimum atomic E-state index is -0.298. The number of halogens is 2. The fraction of sp³-hybridized carbons (Fsp3) is 0.250. The van der Waals surface area contributed by atoms with Crippen LogP contribution in [0.2, 0.25) is 0 Å². The van der Waals surface area contributed by atoms with E-state index in [2.05, 4.69) is 23.7 Å². The van der Waals surface area contributed by atoms with E-state index in [0.717, 1.165) is 35.1 Å². The molecule has 0 fully saturated rings. The van der Waals surface area contributed by atoms with Crippen LogP contribution in [-0.4, -0.2) is 42.0 Å². The van der Waals surface area contributed by atoms with E-state index in [1.54, 1.807) is 11.0 Å². The third-order valence-electron chi connectivity index (χ3n) is 5.35. The van der Waals surface area contributed by atoms with E-state index in [9.17, 15) is 9.18 Å². The first-order chi connectivity index (χ1) is 14.6. The molecule has 1 heterocycles. The van der Waals surface area contributed by atoms with Gasteiger partial charge in [0.25, 0.3) is 5.91 Å². The van der Waals surface area contributed by atoms with Crippen molar-refractivity contribution < 1.29 is 21.6 Å². The Morgan fingerprint density at radius 3 is 2.45 bits per heavy atom. The second kappa shape index (κ2) is 10.2. The highest BCUT2D eigenvalue weighted by Crippen LogP contribution is 2.30. The van der Waals surface area contributed by atoms with Crippen LogP contribution in [0.15, 0.2) is 60.7 Å². The van der Waals surface area contributed by atoms with Gasteiger partial charge in [-0.25, -0.2) is 9.37 Å². The van der Waals surface area contributed by atoms with Crippen LogP contribution in [0.5, 0.6) is 0 Å². The van der Waals surface area contributed by atoms with Crippen molar-refractivity contribution in [3.63, 3.8) is 0 Å². The number of benzene rings is 3. The number of likely N-dealkylation sites (N-methyl/N-ethyl adjacent to an activating group) is 1. The number of thiazole rings is 1. The lowest BCUT2D eigenvalue weighted by molar-refractivity contribution is -0.0000142. The molecule has 1 aromatic heterocycles. The Bertz CT molecular complexity index is 1190. The van der Waals surface area contributed by atoms with Crippen LogP contribution in [0.25, 0.3) is 21.0 Å². The molecule has 0 N–H and O–H groups in total. The van der Waals surface area contributed by atoms with Gasteiger partial charge in [-0.3, -0.25) is 9.69 Å². The Kier molecular flexibility index (Phi) is 7.59. The Morgan fingerprint density at radius 1 is 0.968 bits per heavy atom. The van der Waals surface area contributed by atoms with Crippen LogP contribution < -0.4 is 17.3 Å². The van der Waals surface area contributed by atoms with Gasteiger partial charge < -0.3 is 17.3 Å². The molecule has 0 aliphatic heterocycles. The minimum Gasteiger partial charge on any atom is -1.00 e. The van der Waals surface area contributed by atoms with Crippen LogP contribution in [0.1, 0.15) is 24.2 Å². The summed E-state index contributed by atoms with van der Waals surface area (Å²) in [5.41, 5.74) is 1.33. The van der Waals surface area contributed by atoms with E-state index in [-0.39, 0.29) is 24.1 Å². The molecule has 0 aliphatic rings. The molecule has 4 nitrogen and oxygen atoms in total. The summed E-state index contributed by atoms with van der Waals surface area (Å²) >= 11 is 1.35. The van der Waals surface area contributed by atoms with E-state index in [1.165, 1.54) is 23.5 Å². The van der Waals surface area contributed by atoms with Crippen molar-refractivity contribution in [3.05, 3.63) is 72.0 Å². The van der Waals surface area contributed by atoms with Crippen LogP contribution in [0, 0.1) is 5.82 Å². The summed E-state index contributed by atoms with van der Waals surface area (Å²) in [6.07, 6.45) is 0. The fourth-order valence-corrected chi connectivity index (χ4v) is 4.56. The largest absolute Gasteiger partial charge is 1.00 e. The van der Waals surface area contributed by atoms with Crippen molar-refractivity contribution in [2.45, 2.75) is 13.8 Å². The summed E-state index contributed by atoms with van der Waals surface area (Å²) in [4.78, 5) is 22.2. The molecule has 0 spiro atoms. The lowest BCUT2D eigenvalue weighted by Crippen LogP contribution is -3.00. The van der Waals surface area contributed by atoms with E-state index in [0.29, 0.717) is 22.8 Å².